The average molecular weight is 1180 g/mol. The van der Waals surface area contributed by atoms with Gasteiger partial charge < -0.3 is 45.1 Å². The van der Waals surface area contributed by atoms with Gasteiger partial charge in [-0.05, 0) is 51.4 Å². The number of hydrogen-bond acceptors (Lipinski definition) is 10. The number of aliphatic hydroxyl groups is 5. The standard InChI is InChI=1S/C72H137NO10/c1-4-7-10-13-16-19-22-24-26-28-30-32-33-34-36-38-40-42-45-48-51-54-57-60-67(77)83-70-69(79)68(78)66(61-74)82-72(70)81-62-63(64(75)58-55-52-49-46-43-21-18-15-12-9-6-3)73-71(80)65(76)59-56-53-50-47-44-41-39-37-35-31-29-27-25-23-20-17-14-11-8-5-2/h24,26,55,58,63-66,68-70,72,74-76,78-79H,4-23,25,27-54,56-57,59-62H2,1-3H3,(H,73,80)/b26-24+,58-55+. The molecule has 11 nitrogen and oxygen atoms in total. The lowest BCUT2D eigenvalue weighted by atomic mass is 9.99. The van der Waals surface area contributed by atoms with E-state index >= 15 is 0 Å². The minimum absolute atomic E-state index is 0.128. The number of hydrogen-bond donors (Lipinski definition) is 6. The van der Waals surface area contributed by atoms with Crippen molar-refractivity contribution in [3.05, 3.63) is 24.3 Å². The van der Waals surface area contributed by atoms with Crippen LogP contribution in [0.2, 0.25) is 0 Å². The number of aliphatic hydroxyl groups excluding tert-OH is 5. The maximum Gasteiger partial charge on any atom is 0.306 e. The summed E-state index contributed by atoms with van der Waals surface area (Å²) in [6.45, 7) is 5.84. The van der Waals surface area contributed by atoms with Crippen LogP contribution >= 0.6 is 0 Å². The molecule has 0 aliphatic carbocycles. The Kier molecular flexibility index (Phi) is 57.6. The highest BCUT2D eigenvalue weighted by Crippen LogP contribution is 2.26. The Hall–Kier alpha value is -1.86. The average Bonchev–Trinajstić information content (AvgIpc) is 3.68. The fourth-order valence-corrected chi connectivity index (χ4v) is 11.7. The number of unbranched alkanes of at least 4 members (excludes halogenated alkanes) is 47. The van der Waals surface area contributed by atoms with Gasteiger partial charge in [-0.25, -0.2) is 0 Å². The van der Waals surface area contributed by atoms with Crippen molar-refractivity contribution < 1.29 is 49.3 Å². The largest absolute Gasteiger partial charge is 0.454 e. The fraction of sp³-hybridized carbons (Fsp3) is 0.917. The first-order chi connectivity index (χ1) is 40.7. The second kappa shape index (κ2) is 60.4. The lowest BCUT2D eigenvalue weighted by Gasteiger charge is -2.41. The van der Waals surface area contributed by atoms with Gasteiger partial charge in [-0.2, -0.15) is 0 Å². The number of allylic oxidation sites excluding steroid dienone is 3. The second-order valence-corrected chi connectivity index (χ2v) is 25.3. The molecule has 0 bridgehead atoms. The maximum absolute atomic E-state index is 13.5. The first-order valence-electron chi connectivity index (χ1n) is 36.1. The van der Waals surface area contributed by atoms with E-state index in [4.69, 9.17) is 14.2 Å². The Morgan fingerprint density at radius 1 is 0.458 bits per heavy atom. The summed E-state index contributed by atoms with van der Waals surface area (Å²) in [6, 6.07) is -1.02. The van der Waals surface area contributed by atoms with Crippen LogP contribution in [0.5, 0.6) is 0 Å². The molecule has 490 valence electrons. The molecule has 1 aliphatic rings. The van der Waals surface area contributed by atoms with E-state index in [-0.39, 0.29) is 13.0 Å². The van der Waals surface area contributed by atoms with Gasteiger partial charge in [-0.1, -0.05) is 328 Å². The van der Waals surface area contributed by atoms with Gasteiger partial charge in [0.15, 0.2) is 12.4 Å². The molecular weight excluding hydrogens is 1040 g/mol. The molecule has 0 radical (unpaired) electrons. The second-order valence-electron chi connectivity index (χ2n) is 25.3. The summed E-state index contributed by atoms with van der Waals surface area (Å²) >= 11 is 0. The monoisotopic (exact) mass is 1180 g/mol. The summed E-state index contributed by atoms with van der Waals surface area (Å²) in [6.07, 6.45) is 62.3. The molecule has 6 N–H and O–H groups in total. The molecular formula is C72H137NO10. The van der Waals surface area contributed by atoms with Crippen LogP contribution in [0.15, 0.2) is 24.3 Å². The zero-order valence-electron chi connectivity index (χ0n) is 54.6. The zero-order chi connectivity index (χ0) is 60.3. The van der Waals surface area contributed by atoms with Crippen molar-refractivity contribution in [3.8, 4) is 0 Å². The minimum atomic E-state index is -1.61. The Morgan fingerprint density at radius 2 is 0.795 bits per heavy atom. The highest BCUT2D eigenvalue weighted by Gasteiger charge is 2.47. The molecule has 1 saturated heterocycles. The lowest BCUT2D eigenvalue weighted by molar-refractivity contribution is -0.305. The Labute approximate surface area is 511 Å². The van der Waals surface area contributed by atoms with Crippen molar-refractivity contribution in [1.29, 1.82) is 0 Å². The first-order valence-corrected chi connectivity index (χ1v) is 36.1. The third kappa shape index (κ3) is 47.8. The highest BCUT2D eigenvalue weighted by atomic mass is 16.7. The van der Waals surface area contributed by atoms with Crippen molar-refractivity contribution in [2.75, 3.05) is 13.2 Å². The van der Waals surface area contributed by atoms with Crippen molar-refractivity contribution in [2.45, 2.75) is 410 Å². The summed E-state index contributed by atoms with van der Waals surface area (Å²) < 4.78 is 17.7. The van der Waals surface area contributed by atoms with Gasteiger partial charge in [0.2, 0.25) is 5.91 Å². The van der Waals surface area contributed by atoms with Gasteiger partial charge in [-0.15, -0.1) is 0 Å². The Balaban J connectivity index is 2.54. The molecule has 0 saturated carbocycles. The lowest BCUT2D eigenvalue weighted by Crippen LogP contribution is -2.61. The third-order valence-electron chi connectivity index (χ3n) is 17.4. The topological polar surface area (TPSA) is 175 Å². The Bertz CT molecular complexity index is 1450. The van der Waals surface area contributed by atoms with Crippen LogP contribution in [0.3, 0.4) is 0 Å². The third-order valence-corrected chi connectivity index (χ3v) is 17.4. The van der Waals surface area contributed by atoms with Crippen molar-refractivity contribution >= 4 is 11.9 Å². The van der Waals surface area contributed by atoms with Crippen LogP contribution in [0, 0.1) is 0 Å². The van der Waals surface area contributed by atoms with E-state index in [1.165, 1.54) is 257 Å². The SMILES string of the molecule is CCCCCCCC/C=C/CCCCCCCCCCCCCCCC(=O)OC1C(OCC(NC(=O)C(O)CCCCCCCCCCCCCCCCCCCCCC)C(O)/C=C/CCCCCCCCCCC)OC(CO)C(O)C1O. The molecule has 8 atom stereocenters. The molecule has 0 aromatic carbocycles. The molecule has 1 heterocycles. The number of nitrogens with one attached hydrogen (secondary N) is 1. The smallest absolute Gasteiger partial charge is 0.306 e. The van der Waals surface area contributed by atoms with Crippen LogP contribution in [0.4, 0.5) is 0 Å². The molecule has 0 aromatic rings. The predicted octanol–water partition coefficient (Wildman–Crippen LogP) is 18.4. The van der Waals surface area contributed by atoms with Crippen LogP contribution in [0.25, 0.3) is 0 Å². The summed E-state index contributed by atoms with van der Waals surface area (Å²) in [4.78, 5) is 26.7. The van der Waals surface area contributed by atoms with Crippen LogP contribution < -0.4 is 5.32 Å². The van der Waals surface area contributed by atoms with Gasteiger partial charge in [0.25, 0.3) is 0 Å². The van der Waals surface area contributed by atoms with Crippen molar-refractivity contribution in [1.82, 2.24) is 5.32 Å². The van der Waals surface area contributed by atoms with Crippen molar-refractivity contribution in [3.63, 3.8) is 0 Å². The van der Waals surface area contributed by atoms with Gasteiger partial charge in [0, 0.05) is 6.42 Å². The van der Waals surface area contributed by atoms with Crippen LogP contribution in [-0.2, 0) is 23.8 Å². The number of amides is 1. The quantitative estimate of drug-likeness (QED) is 0.0195. The summed E-state index contributed by atoms with van der Waals surface area (Å²) in [5.74, 6) is -1.17. The van der Waals surface area contributed by atoms with E-state index in [2.05, 4.69) is 38.2 Å². The van der Waals surface area contributed by atoms with E-state index in [9.17, 15) is 35.1 Å². The van der Waals surface area contributed by atoms with Gasteiger partial charge in [-0.3, -0.25) is 9.59 Å². The summed E-state index contributed by atoms with van der Waals surface area (Å²) in [5, 5.41) is 57.2. The molecule has 83 heavy (non-hydrogen) atoms. The number of ether oxygens (including phenoxy) is 3. The number of carbonyl (C=O) groups excluding carboxylic acids is 2. The van der Waals surface area contributed by atoms with E-state index in [1.54, 1.807) is 6.08 Å². The molecule has 1 rings (SSSR count). The van der Waals surface area contributed by atoms with Gasteiger partial charge in [0.05, 0.1) is 25.4 Å². The molecule has 0 aromatic heterocycles. The van der Waals surface area contributed by atoms with E-state index in [1.807, 2.05) is 6.08 Å². The minimum Gasteiger partial charge on any atom is -0.454 e. The van der Waals surface area contributed by atoms with E-state index < -0.39 is 67.4 Å². The molecule has 11 heteroatoms. The fourth-order valence-electron chi connectivity index (χ4n) is 11.7. The summed E-state index contributed by atoms with van der Waals surface area (Å²) in [7, 11) is 0. The predicted molar refractivity (Wildman–Crippen MR) is 348 cm³/mol. The first kappa shape index (κ1) is 79.2. The Morgan fingerprint density at radius 3 is 1.17 bits per heavy atom. The summed E-state index contributed by atoms with van der Waals surface area (Å²) in [5.41, 5.74) is 0. The molecule has 0 spiro atoms. The zero-order valence-corrected chi connectivity index (χ0v) is 54.6. The number of esters is 1. The van der Waals surface area contributed by atoms with E-state index in [0.29, 0.717) is 19.3 Å². The number of carbonyl (C=O) groups is 2. The van der Waals surface area contributed by atoms with Crippen molar-refractivity contribution in [2.24, 2.45) is 0 Å². The van der Waals surface area contributed by atoms with Gasteiger partial charge in [0.1, 0.15) is 24.4 Å². The molecule has 8 unspecified atom stereocenters. The molecule has 1 amide bonds. The normalized spacial score (nSPS) is 18.6. The molecule has 1 aliphatic heterocycles. The number of rotatable bonds is 63. The van der Waals surface area contributed by atoms with Gasteiger partial charge >= 0.3 is 5.97 Å². The highest BCUT2D eigenvalue weighted by molar-refractivity contribution is 5.80. The van der Waals surface area contributed by atoms with Crippen LogP contribution in [-0.4, -0.2) is 99.6 Å². The molecule has 1 fully saturated rings. The van der Waals surface area contributed by atoms with E-state index in [0.717, 1.165) is 57.8 Å². The maximum atomic E-state index is 13.5. The van der Waals surface area contributed by atoms with Crippen LogP contribution in [0.1, 0.15) is 361 Å².